The summed E-state index contributed by atoms with van der Waals surface area (Å²) in [7, 11) is 0. The largest absolute Gasteiger partial charge is 0.508 e. The van der Waals surface area contributed by atoms with Gasteiger partial charge in [0.05, 0.1) is 62.2 Å². The molecule has 2 aromatic heterocycles. The van der Waals surface area contributed by atoms with Crippen LogP contribution in [0.3, 0.4) is 0 Å². The highest BCUT2D eigenvalue weighted by Crippen LogP contribution is 2.18. The Morgan fingerprint density at radius 1 is 0.386 bits per heavy atom. The second-order valence-corrected chi connectivity index (χ2v) is 35.9. The molecule has 778 valence electrons. The van der Waals surface area contributed by atoms with E-state index in [0.29, 0.717) is 18.4 Å². The van der Waals surface area contributed by atoms with Gasteiger partial charge < -0.3 is 150 Å². The minimum absolute atomic E-state index is 0.0280. The van der Waals surface area contributed by atoms with Crippen molar-refractivity contribution in [2.75, 3.05) is 26.2 Å². The van der Waals surface area contributed by atoms with Crippen molar-refractivity contribution < 1.29 is 116 Å². The number of amides is 20. The normalized spacial score (nSPS) is 15.0. The molecule has 3 aromatic rings. The van der Waals surface area contributed by atoms with Crippen molar-refractivity contribution in [3.63, 3.8) is 0 Å². The predicted molar refractivity (Wildman–Crippen MR) is 504 cm³/mol. The summed E-state index contributed by atoms with van der Waals surface area (Å²) in [6.07, 6.45) is 1.67. The molecule has 2 heterocycles. The standard InChI is InChI=1S/C88H142N28O24/c1-16-45(10)70(86(139)114-60(29-44(8)9)85(138)116-71(50(15)117)87(140)108-57(72(91)125)26-41(2)3)115-68(122)38-98-74(127)47(12)103-75(128)48(13)105-80(133)63(32-53-35-95-40-101-53)113-84(137)64(33-65(90)119)106-67(121)37-97-73(126)46(11)102-66(120)36-99-78(131)62(31-52-34-94-39-100-52)112-81(134)58(27-42(4)5)109-76(129)49(14)104-79(132)56(23-24-69(123)124)107-83(136)61(30-51-19-21-54(118)22-20-51)111-82(135)59(28-43(6)7)110-77(130)55(89)18-17-25-96-88(92)93/h19-22,34-35,39-50,55-64,70-71,117-118H,16-18,23-33,36-38,89H2,1-15H3,(H2,90,119)(H2,91,125)(H,94,100)(H,95,101)(H,97,126)(H,98,127)(H,99,131)(H,102,120)(H,103,128)(H,104,132)(H,105,133)(H,106,121)(H,107,136)(H,108,140)(H,109,129)(H,110,130)(H,111,135)(H,112,134)(H,113,137)(H,114,139)(H,115,122)(H,116,138)(H,123,124)(H4,92,93,96)/t45-,46-,47-,48-,49-,50+,55-,56-,57-,58-,59-,60-,61-,62-,63-,64-,70-,71-/m0/s1. The lowest BCUT2D eigenvalue weighted by atomic mass is 9.96. The number of aromatic amines is 2. The zero-order valence-corrected chi connectivity index (χ0v) is 81.5. The zero-order chi connectivity index (χ0) is 106. The Labute approximate surface area is 809 Å². The number of hydrogen-bond acceptors (Lipinski definition) is 27. The number of imidazole rings is 2. The molecule has 20 amide bonds. The van der Waals surface area contributed by atoms with Gasteiger partial charge in [0.25, 0.3) is 0 Å². The van der Waals surface area contributed by atoms with E-state index in [1.54, 1.807) is 69.2 Å². The minimum atomic E-state index is -1.83. The Kier molecular flexibility index (Phi) is 51.5. The van der Waals surface area contributed by atoms with Crippen molar-refractivity contribution in [1.82, 2.24) is 116 Å². The first-order chi connectivity index (χ1) is 65.6. The van der Waals surface area contributed by atoms with Crippen LogP contribution in [0.25, 0.3) is 0 Å². The van der Waals surface area contributed by atoms with Crippen LogP contribution < -0.4 is 124 Å². The van der Waals surface area contributed by atoms with Crippen LogP contribution in [0.1, 0.15) is 185 Å². The zero-order valence-electron chi connectivity index (χ0n) is 81.5. The number of aliphatic hydroxyl groups excluding tert-OH is 1. The first-order valence-corrected chi connectivity index (χ1v) is 46.0. The van der Waals surface area contributed by atoms with E-state index in [2.05, 4.69) is 121 Å². The number of aliphatic imine (C=N–C) groups is 1. The van der Waals surface area contributed by atoms with E-state index in [9.17, 15) is 116 Å². The SMILES string of the molecule is CC[C@H](C)[C@H](NC(=O)CNC(=O)[C@H](C)NC(=O)[C@H](C)NC(=O)[C@H](Cc1c[nH]cn1)NC(=O)[C@H](CC(N)=O)NC(=O)CNC(=O)[C@H](C)NC(=O)CNC(=O)[C@H](Cc1c[nH]cn1)NC(=O)[C@H](CC(C)C)NC(=O)[C@H](C)NC(=O)[C@H](CCC(=O)O)NC(=O)[C@H](Cc1ccc(O)cc1)NC(=O)[C@H](CC(C)C)NC(=O)[C@@H](N)CCCN=C(N)N)C(=O)N[C@@H](CC(C)C)C(=O)N[C@H](C(=O)N[C@@H](CC(C)C)C(N)=O)[C@@H](C)O. The first kappa shape index (κ1) is 120. The predicted octanol–water partition coefficient (Wildman–Crippen LogP) is -8.22. The Morgan fingerprint density at radius 3 is 1.20 bits per heavy atom. The number of nitrogens with two attached hydrogens (primary N) is 5. The van der Waals surface area contributed by atoms with E-state index in [1.165, 1.54) is 83.9 Å². The summed E-state index contributed by atoms with van der Waals surface area (Å²) >= 11 is 0. The van der Waals surface area contributed by atoms with Gasteiger partial charge in [-0.1, -0.05) is 87.8 Å². The van der Waals surface area contributed by atoms with Crippen molar-refractivity contribution in [2.45, 2.75) is 290 Å². The number of rotatable bonds is 63. The van der Waals surface area contributed by atoms with Gasteiger partial charge >= 0.3 is 5.97 Å². The molecular weight excluding hydrogens is 1830 g/mol. The monoisotopic (exact) mass is 1980 g/mol. The van der Waals surface area contributed by atoms with Gasteiger partial charge in [0.1, 0.15) is 96.4 Å². The Bertz CT molecular complexity index is 4720. The molecule has 0 fully saturated rings. The van der Waals surface area contributed by atoms with Crippen LogP contribution in [-0.2, 0) is 120 Å². The molecule has 18 atom stereocenters. The number of aromatic nitrogens is 4. The van der Waals surface area contributed by atoms with Gasteiger partial charge in [-0.05, 0) is 127 Å². The molecule has 3 rings (SSSR count). The van der Waals surface area contributed by atoms with E-state index in [1.807, 2.05) is 0 Å². The van der Waals surface area contributed by atoms with E-state index < -0.39 is 272 Å². The highest BCUT2D eigenvalue weighted by molar-refractivity contribution is 6.02. The summed E-state index contributed by atoms with van der Waals surface area (Å²) in [5, 5.41) is 74.4. The lowest BCUT2D eigenvalue weighted by Gasteiger charge is -2.29. The number of primary amides is 2. The number of aliphatic carboxylic acids is 1. The number of phenols is 1. The number of nitrogens with zero attached hydrogens (tertiary/aromatic N) is 3. The average Bonchev–Trinajstić information content (AvgIpc) is 0.879. The molecule has 0 unspecified atom stereocenters. The van der Waals surface area contributed by atoms with Crippen LogP contribution in [0.5, 0.6) is 5.75 Å². The molecule has 0 saturated heterocycles. The Morgan fingerprint density at radius 2 is 0.750 bits per heavy atom. The van der Waals surface area contributed by atoms with Crippen LogP contribution in [0.4, 0.5) is 0 Å². The van der Waals surface area contributed by atoms with Gasteiger partial charge in [-0.2, -0.15) is 0 Å². The number of aliphatic hydroxyl groups is 1. The highest BCUT2D eigenvalue weighted by Gasteiger charge is 2.40. The van der Waals surface area contributed by atoms with Crippen molar-refractivity contribution in [3.05, 3.63) is 66.3 Å². The minimum Gasteiger partial charge on any atom is -0.508 e. The average molecular weight is 1980 g/mol. The van der Waals surface area contributed by atoms with Crippen molar-refractivity contribution in [3.8, 4) is 5.75 Å². The van der Waals surface area contributed by atoms with Crippen LogP contribution in [0.15, 0.2) is 54.3 Å². The molecule has 0 spiro atoms. The fourth-order valence-electron chi connectivity index (χ4n) is 13.6. The fraction of sp³-hybridized carbons (Fsp3) is 0.614. The maximum Gasteiger partial charge on any atom is 0.303 e. The molecule has 0 bridgehead atoms. The quantitative estimate of drug-likeness (QED) is 0.0142. The van der Waals surface area contributed by atoms with Crippen LogP contribution in [-0.4, -0.2) is 294 Å². The molecule has 52 nitrogen and oxygen atoms in total. The van der Waals surface area contributed by atoms with Crippen LogP contribution in [0.2, 0.25) is 0 Å². The molecular formula is C88H142N28O24. The maximum absolute atomic E-state index is 14.4. The van der Waals surface area contributed by atoms with Gasteiger partial charge in [0, 0.05) is 44.6 Å². The highest BCUT2D eigenvalue weighted by atomic mass is 16.4. The number of aromatic hydroxyl groups is 1. The van der Waals surface area contributed by atoms with Crippen LogP contribution in [0, 0.1) is 29.6 Å². The summed E-state index contributed by atoms with van der Waals surface area (Å²) in [6.45, 7) is 21.2. The Hall–Kier alpha value is -14.5. The number of phenolic OH excluding ortho intramolecular Hbond substituents is 1. The number of carbonyl (C=O) groups excluding carboxylic acids is 20. The number of nitrogens with one attached hydrogen (secondary N) is 20. The molecule has 1 aromatic carbocycles. The van der Waals surface area contributed by atoms with Gasteiger partial charge in [-0.25, -0.2) is 9.97 Å². The summed E-state index contributed by atoms with van der Waals surface area (Å²) in [6, 6.07) is -17.6. The summed E-state index contributed by atoms with van der Waals surface area (Å²) in [5.74, 6) is -22.2. The summed E-state index contributed by atoms with van der Waals surface area (Å²) in [5.41, 5.74) is 28.7. The van der Waals surface area contributed by atoms with Gasteiger partial charge in [-0.15, -0.1) is 0 Å². The van der Waals surface area contributed by atoms with E-state index in [-0.39, 0.29) is 105 Å². The molecule has 0 aliphatic carbocycles. The molecule has 0 aliphatic heterocycles. The van der Waals surface area contributed by atoms with Crippen molar-refractivity contribution in [2.24, 2.45) is 63.3 Å². The van der Waals surface area contributed by atoms with Crippen molar-refractivity contribution >= 4 is 130 Å². The third kappa shape index (κ3) is 45.2. The van der Waals surface area contributed by atoms with Gasteiger partial charge in [-0.3, -0.25) is 106 Å². The number of benzene rings is 1. The number of carboxylic acids is 1. The van der Waals surface area contributed by atoms with E-state index in [0.717, 1.165) is 0 Å². The molecule has 0 radical (unpaired) electrons. The van der Waals surface area contributed by atoms with Crippen molar-refractivity contribution in [1.29, 1.82) is 0 Å². The second kappa shape index (κ2) is 60.3. The number of guanidine groups is 1. The van der Waals surface area contributed by atoms with E-state index in [4.69, 9.17) is 28.7 Å². The maximum atomic E-state index is 14.4. The van der Waals surface area contributed by atoms with Gasteiger partial charge in [0.2, 0.25) is 118 Å². The topological polar surface area (TPSA) is 836 Å². The number of carbonyl (C=O) groups is 21. The number of H-pyrrole nitrogens is 2. The third-order valence-corrected chi connectivity index (χ3v) is 21.4. The molecule has 140 heavy (non-hydrogen) atoms. The Balaban J connectivity index is 1.68. The summed E-state index contributed by atoms with van der Waals surface area (Å²) in [4.78, 5) is 302. The number of carboxylic acid groups (broad SMARTS) is 1. The molecule has 52 heteroatoms. The van der Waals surface area contributed by atoms with Crippen LogP contribution >= 0.6 is 0 Å². The summed E-state index contributed by atoms with van der Waals surface area (Å²) < 4.78 is 0. The third-order valence-electron chi connectivity index (χ3n) is 21.4. The smallest absolute Gasteiger partial charge is 0.303 e. The molecule has 33 N–H and O–H groups in total. The lowest BCUT2D eigenvalue weighted by molar-refractivity contribution is -0.139. The van der Waals surface area contributed by atoms with Gasteiger partial charge in [0.15, 0.2) is 5.96 Å². The van der Waals surface area contributed by atoms with E-state index >= 15 is 0 Å². The first-order valence-electron chi connectivity index (χ1n) is 46.0. The number of hydrogen-bond donors (Lipinski definition) is 28. The molecule has 0 aliphatic rings. The fourth-order valence-corrected chi connectivity index (χ4v) is 13.6. The molecule has 0 saturated carbocycles. The second-order valence-electron chi connectivity index (χ2n) is 35.9. The lowest BCUT2D eigenvalue weighted by Crippen LogP contribution is -2.61.